The van der Waals surface area contributed by atoms with Crippen LogP contribution in [0.3, 0.4) is 0 Å². The van der Waals surface area contributed by atoms with Gasteiger partial charge < -0.3 is 9.84 Å². The highest BCUT2D eigenvalue weighted by atomic mass is 16.5. The lowest BCUT2D eigenvalue weighted by Crippen LogP contribution is -2.33. The Morgan fingerprint density at radius 1 is 1.32 bits per heavy atom. The predicted octanol–water partition coefficient (Wildman–Crippen LogP) is 1.98. The van der Waals surface area contributed by atoms with Crippen molar-refractivity contribution >= 4 is 0 Å². The van der Waals surface area contributed by atoms with Crippen LogP contribution in [0.2, 0.25) is 0 Å². The summed E-state index contributed by atoms with van der Waals surface area (Å²) in [6, 6.07) is 3.71. The fraction of sp³-hybridized carbons (Fsp3) is 0.800. The summed E-state index contributed by atoms with van der Waals surface area (Å²) in [5.74, 6) is 3.22. The average Bonchev–Trinajstić information content (AvgIpc) is 3.10. The van der Waals surface area contributed by atoms with Gasteiger partial charge in [-0.3, -0.25) is 4.90 Å². The molecular formula is C15H23N3O. The Labute approximate surface area is 114 Å². The third kappa shape index (κ3) is 1.77. The summed E-state index contributed by atoms with van der Waals surface area (Å²) >= 11 is 0. The van der Waals surface area contributed by atoms with Crippen LogP contribution >= 0.6 is 0 Å². The van der Waals surface area contributed by atoms with Crippen LogP contribution in [-0.4, -0.2) is 35.2 Å². The zero-order valence-corrected chi connectivity index (χ0v) is 11.8. The van der Waals surface area contributed by atoms with Crippen molar-refractivity contribution in [2.24, 2.45) is 11.8 Å². The van der Waals surface area contributed by atoms with Gasteiger partial charge in [-0.15, -0.1) is 0 Å². The lowest BCUT2D eigenvalue weighted by Gasteiger charge is -2.22. The number of hydrogen-bond donors (Lipinski definition) is 1. The molecule has 1 aromatic rings. The van der Waals surface area contributed by atoms with Crippen LogP contribution in [0.25, 0.3) is 0 Å². The first-order valence-corrected chi connectivity index (χ1v) is 7.66. The van der Waals surface area contributed by atoms with Crippen molar-refractivity contribution in [2.45, 2.75) is 51.2 Å². The average molecular weight is 261 g/mol. The predicted molar refractivity (Wildman–Crippen MR) is 72.8 cm³/mol. The molecule has 0 aliphatic carbocycles. The third-order valence-electron chi connectivity index (χ3n) is 5.40. The molecule has 0 aromatic carbocycles. The quantitative estimate of drug-likeness (QED) is 0.903. The molecule has 0 radical (unpaired) electrons. The SMILES string of the molecule is CC(C)c1cc(CN2[C@@H]3CC[C@H]2[C@H]2CNC[C@H]23)no1. The van der Waals surface area contributed by atoms with Crippen LogP contribution in [0.4, 0.5) is 0 Å². The maximum Gasteiger partial charge on any atom is 0.139 e. The van der Waals surface area contributed by atoms with Crippen molar-refractivity contribution in [3.8, 4) is 0 Å². The number of nitrogens with zero attached hydrogens (tertiary/aromatic N) is 2. The maximum atomic E-state index is 5.43. The van der Waals surface area contributed by atoms with E-state index in [4.69, 9.17) is 4.52 Å². The molecule has 4 heterocycles. The second-order valence-corrected chi connectivity index (χ2v) is 6.75. The fourth-order valence-corrected chi connectivity index (χ4v) is 4.50. The molecule has 3 aliphatic rings. The fourth-order valence-electron chi connectivity index (χ4n) is 4.50. The van der Waals surface area contributed by atoms with Crippen LogP contribution in [0.1, 0.15) is 44.1 Å². The topological polar surface area (TPSA) is 41.3 Å². The molecule has 0 saturated carbocycles. The number of hydrogen-bond acceptors (Lipinski definition) is 4. The van der Waals surface area contributed by atoms with Gasteiger partial charge in [0.1, 0.15) is 5.76 Å². The Balaban J connectivity index is 1.51. The molecule has 19 heavy (non-hydrogen) atoms. The van der Waals surface area contributed by atoms with Crippen LogP contribution in [0, 0.1) is 11.8 Å². The summed E-state index contributed by atoms with van der Waals surface area (Å²) < 4.78 is 5.43. The highest BCUT2D eigenvalue weighted by Gasteiger charge is 2.54. The lowest BCUT2D eigenvalue weighted by molar-refractivity contribution is 0.211. The largest absolute Gasteiger partial charge is 0.361 e. The van der Waals surface area contributed by atoms with E-state index in [0.717, 1.165) is 41.9 Å². The van der Waals surface area contributed by atoms with E-state index in [9.17, 15) is 0 Å². The van der Waals surface area contributed by atoms with Crippen molar-refractivity contribution < 1.29 is 4.52 Å². The minimum atomic E-state index is 0.431. The van der Waals surface area contributed by atoms with Crippen LogP contribution in [0.5, 0.6) is 0 Å². The molecule has 4 heteroatoms. The summed E-state index contributed by atoms with van der Waals surface area (Å²) in [7, 11) is 0. The first-order chi connectivity index (χ1) is 9.24. The first-order valence-electron chi connectivity index (χ1n) is 7.66. The highest BCUT2D eigenvalue weighted by molar-refractivity contribution is 5.13. The van der Waals surface area contributed by atoms with Gasteiger partial charge in [0.25, 0.3) is 0 Å². The van der Waals surface area contributed by atoms with E-state index >= 15 is 0 Å². The number of nitrogens with one attached hydrogen (secondary N) is 1. The minimum Gasteiger partial charge on any atom is -0.361 e. The molecule has 4 nitrogen and oxygen atoms in total. The Hall–Kier alpha value is -0.870. The Kier molecular flexibility index (Phi) is 2.71. The standard InChI is InChI=1S/C15H23N3O/c1-9(2)15-5-10(17-19-15)8-18-13-3-4-14(18)12-7-16-6-11(12)13/h5,9,11-14,16H,3-4,6-8H2,1-2H3/t11-,12+,13-,14+. The van der Waals surface area contributed by atoms with E-state index in [-0.39, 0.29) is 0 Å². The zero-order valence-electron chi connectivity index (χ0n) is 11.8. The molecule has 4 rings (SSSR count). The smallest absolute Gasteiger partial charge is 0.139 e. The molecule has 3 saturated heterocycles. The molecule has 4 atom stereocenters. The van der Waals surface area contributed by atoms with E-state index in [1.807, 2.05) is 0 Å². The minimum absolute atomic E-state index is 0.431. The molecular weight excluding hydrogens is 238 g/mol. The Morgan fingerprint density at radius 2 is 2.00 bits per heavy atom. The second-order valence-electron chi connectivity index (χ2n) is 6.75. The monoisotopic (exact) mass is 261 g/mol. The van der Waals surface area contributed by atoms with Crippen LogP contribution in [-0.2, 0) is 6.54 Å². The lowest BCUT2D eigenvalue weighted by atomic mass is 9.82. The summed E-state index contributed by atoms with van der Waals surface area (Å²) in [5.41, 5.74) is 1.12. The van der Waals surface area contributed by atoms with Gasteiger partial charge in [0, 0.05) is 30.6 Å². The van der Waals surface area contributed by atoms with Gasteiger partial charge in [-0.25, -0.2) is 0 Å². The molecule has 1 aromatic heterocycles. The Bertz CT molecular complexity index is 452. The van der Waals surface area contributed by atoms with Crippen molar-refractivity contribution in [1.29, 1.82) is 0 Å². The van der Waals surface area contributed by atoms with E-state index < -0.39 is 0 Å². The van der Waals surface area contributed by atoms with Gasteiger partial charge >= 0.3 is 0 Å². The first kappa shape index (κ1) is 11.9. The Morgan fingerprint density at radius 3 is 2.58 bits per heavy atom. The number of rotatable bonds is 3. The van der Waals surface area contributed by atoms with Gasteiger partial charge in [-0.1, -0.05) is 19.0 Å². The van der Waals surface area contributed by atoms with E-state index in [1.54, 1.807) is 0 Å². The molecule has 2 bridgehead atoms. The molecule has 3 aliphatic heterocycles. The van der Waals surface area contributed by atoms with Crippen LogP contribution < -0.4 is 5.32 Å². The number of aromatic nitrogens is 1. The normalized spacial score (nSPS) is 37.4. The summed E-state index contributed by atoms with van der Waals surface area (Å²) in [4.78, 5) is 2.71. The molecule has 0 amide bonds. The van der Waals surface area contributed by atoms with Gasteiger partial charge in [0.15, 0.2) is 0 Å². The molecule has 0 unspecified atom stereocenters. The second kappa shape index (κ2) is 4.32. The molecule has 104 valence electrons. The molecule has 3 fully saturated rings. The van der Waals surface area contributed by atoms with E-state index in [2.05, 4.69) is 35.3 Å². The van der Waals surface area contributed by atoms with Crippen molar-refractivity contribution in [1.82, 2.24) is 15.4 Å². The molecule has 0 spiro atoms. The van der Waals surface area contributed by atoms with Crippen molar-refractivity contribution in [3.63, 3.8) is 0 Å². The zero-order chi connectivity index (χ0) is 13.0. The maximum absolute atomic E-state index is 5.43. The van der Waals surface area contributed by atoms with Crippen molar-refractivity contribution in [2.75, 3.05) is 13.1 Å². The van der Waals surface area contributed by atoms with Gasteiger partial charge in [-0.05, 0) is 37.8 Å². The van der Waals surface area contributed by atoms with E-state index in [0.29, 0.717) is 5.92 Å². The van der Waals surface area contributed by atoms with Gasteiger partial charge in [0.2, 0.25) is 0 Å². The molecule has 1 N–H and O–H groups in total. The van der Waals surface area contributed by atoms with E-state index in [1.165, 1.54) is 25.9 Å². The summed E-state index contributed by atoms with van der Waals surface area (Å²) in [5, 5.41) is 7.83. The highest BCUT2D eigenvalue weighted by Crippen LogP contribution is 2.47. The number of fused-ring (bicyclic) bond motifs is 5. The third-order valence-corrected chi connectivity index (χ3v) is 5.40. The summed E-state index contributed by atoms with van der Waals surface area (Å²) in [6.45, 7) is 7.73. The van der Waals surface area contributed by atoms with Crippen molar-refractivity contribution in [3.05, 3.63) is 17.5 Å². The van der Waals surface area contributed by atoms with Gasteiger partial charge in [-0.2, -0.15) is 0 Å². The van der Waals surface area contributed by atoms with Crippen LogP contribution in [0.15, 0.2) is 10.6 Å². The summed E-state index contributed by atoms with van der Waals surface area (Å²) in [6.07, 6.45) is 2.75. The van der Waals surface area contributed by atoms with Gasteiger partial charge in [0.05, 0.1) is 5.69 Å².